The van der Waals surface area contributed by atoms with Gasteiger partial charge in [-0.25, -0.2) is 4.39 Å². The summed E-state index contributed by atoms with van der Waals surface area (Å²) in [6.07, 6.45) is 2.56. The maximum atomic E-state index is 13.5. The molecule has 0 radical (unpaired) electrons. The van der Waals surface area contributed by atoms with Crippen LogP contribution in [0.1, 0.15) is 33.6 Å². The minimum atomic E-state index is -0.168. The first-order chi connectivity index (χ1) is 9.47. The van der Waals surface area contributed by atoms with Crippen molar-refractivity contribution in [2.75, 3.05) is 31.5 Å². The van der Waals surface area contributed by atoms with Gasteiger partial charge in [0.1, 0.15) is 5.82 Å². The molecular weight excluding hydrogens is 251 g/mol. The van der Waals surface area contributed by atoms with Crippen LogP contribution in [-0.4, -0.2) is 31.1 Å². The lowest BCUT2D eigenvalue weighted by Gasteiger charge is -2.38. The molecule has 0 saturated carbocycles. The summed E-state index contributed by atoms with van der Waals surface area (Å²) in [5, 5.41) is 3.19. The molecule has 1 fully saturated rings. The molecule has 3 heteroatoms. The molecule has 1 heterocycles. The van der Waals surface area contributed by atoms with Gasteiger partial charge in [-0.05, 0) is 49.4 Å². The Bertz CT molecular complexity index is 417. The van der Waals surface area contributed by atoms with Crippen molar-refractivity contribution in [2.45, 2.75) is 33.6 Å². The first kappa shape index (κ1) is 15.3. The molecule has 1 aliphatic heterocycles. The molecule has 112 valence electrons. The van der Waals surface area contributed by atoms with E-state index in [-0.39, 0.29) is 5.82 Å². The highest BCUT2D eigenvalue weighted by Crippen LogP contribution is 2.34. The van der Waals surface area contributed by atoms with Crippen LogP contribution in [0.3, 0.4) is 0 Å². The molecule has 0 bridgehead atoms. The van der Waals surface area contributed by atoms with Crippen LogP contribution in [0.5, 0.6) is 0 Å². The van der Waals surface area contributed by atoms with E-state index >= 15 is 0 Å². The van der Waals surface area contributed by atoms with Crippen LogP contribution in [0.25, 0.3) is 0 Å². The van der Waals surface area contributed by atoms with E-state index in [2.05, 4.69) is 31.0 Å². The molecule has 1 saturated heterocycles. The Labute approximate surface area is 122 Å². The number of hydrogen-bond acceptors (Lipinski definition) is 2. The number of rotatable bonds is 4. The monoisotopic (exact) mass is 278 g/mol. The van der Waals surface area contributed by atoms with Gasteiger partial charge in [0.2, 0.25) is 0 Å². The van der Waals surface area contributed by atoms with Gasteiger partial charge in [-0.3, -0.25) is 0 Å². The summed E-state index contributed by atoms with van der Waals surface area (Å²) < 4.78 is 13.5. The number of halogens is 1. The molecule has 0 spiro atoms. The number of benzene rings is 1. The number of likely N-dealkylation sites (tertiary alicyclic amines) is 1. The van der Waals surface area contributed by atoms with Gasteiger partial charge in [0, 0.05) is 13.1 Å². The minimum Gasteiger partial charge on any atom is -0.381 e. The average molecular weight is 278 g/mol. The van der Waals surface area contributed by atoms with E-state index in [0.717, 1.165) is 19.0 Å². The van der Waals surface area contributed by atoms with E-state index in [0.29, 0.717) is 11.1 Å². The summed E-state index contributed by atoms with van der Waals surface area (Å²) in [5.41, 5.74) is 1.04. The highest BCUT2D eigenvalue weighted by atomic mass is 19.1. The van der Waals surface area contributed by atoms with Gasteiger partial charge >= 0.3 is 0 Å². The van der Waals surface area contributed by atoms with Crippen molar-refractivity contribution in [1.29, 1.82) is 0 Å². The van der Waals surface area contributed by atoms with Crippen molar-refractivity contribution in [1.82, 2.24) is 4.90 Å². The standard InChI is InChI=1S/C17H27FN2/c1-17(2,3)14-8-11-20(12-9-14)13-10-19-16-7-5-4-6-15(16)18/h4-7,14,19H,8-13H2,1-3H3. The lowest BCUT2D eigenvalue weighted by atomic mass is 9.75. The fourth-order valence-corrected chi connectivity index (χ4v) is 2.98. The average Bonchev–Trinajstić information content (AvgIpc) is 2.40. The van der Waals surface area contributed by atoms with Crippen LogP contribution < -0.4 is 5.32 Å². The van der Waals surface area contributed by atoms with E-state index in [1.807, 2.05) is 6.07 Å². The maximum absolute atomic E-state index is 13.5. The zero-order chi connectivity index (χ0) is 14.6. The molecule has 1 aromatic carbocycles. The zero-order valence-electron chi connectivity index (χ0n) is 13.0. The van der Waals surface area contributed by atoms with Gasteiger partial charge in [-0.15, -0.1) is 0 Å². The summed E-state index contributed by atoms with van der Waals surface area (Å²) in [6.45, 7) is 11.2. The third-order valence-corrected chi connectivity index (χ3v) is 4.43. The largest absolute Gasteiger partial charge is 0.381 e. The third-order valence-electron chi connectivity index (χ3n) is 4.43. The summed E-state index contributed by atoms with van der Waals surface area (Å²) in [5.74, 6) is 0.664. The molecule has 2 nitrogen and oxygen atoms in total. The molecule has 2 rings (SSSR count). The van der Waals surface area contributed by atoms with Crippen molar-refractivity contribution in [3.05, 3.63) is 30.1 Å². The highest BCUT2D eigenvalue weighted by Gasteiger charge is 2.28. The van der Waals surface area contributed by atoms with E-state index in [9.17, 15) is 4.39 Å². The molecule has 1 aliphatic rings. The van der Waals surface area contributed by atoms with Gasteiger partial charge in [0.05, 0.1) is 5.69 Å². The molecule has 0 aromatic heterocycles. The molecule has 1 N–H and O–H groups in total. The Hall–Kier alpha value is -1.09. The van der Waals surface area contributed by atoms with E-state index < -0.39 is 0 Å². The lowest BCUT2D eigenvalue weighted by molar-refractivity contribution is 0.115. The van der Waals surface area contributed by atoms with E-state index in [4.69, 9.17) is 0 Å². The molecular formula is C17H27FN2. The van der Waals surface area contributed by atoms with Crippen molar-refractivity contribution >= 4 is 5.69 Å². The van der Waals surface area contributed by atoms with Crippen molar-refractivity contribution in [2.24, 2.45) is 11.3 Å². The molecule has 0 amide bonds. The van der Waals surface area contributed by atoms with Crippen LogP contribution >= 0.6 is 0 Å². The summed E-state index contributed by atoms with van der Waals surface area (Å²) >= 11 is 0. The van der Waals surface area contributed by atoms with Gasteiger partial charge in [-0.2, -0.15) is 0 Å². The predicted octanol–water partition coefficient (Wildman–Crippen LogP) is 4.00. The number of hydrogen-bond donors (Lipinski definition) is 1. The summed E-state index contributed by atoms with van der Waals surface area (Å²) in [6, 6.07) is 6.87. The summed E-state index contributed by atoms with van der Waals surface area (Å²) in [4.78, 5) is 2.48. The normalized spacial score (nSPS) is 18.2. The SMILES string of the molecule is CC(C)(C)C1CCN(CCNc2ccccc2F)CC1. The second kappa shape index (κ2) is 6.57. The Morgan fingerprint density at radius 1 is 1.20 bits per heavy atom. The first-order valence-electron chi connectivity index (χ1n) is 7.67. The van der Waals surface area contributed by atoms with Gasteiger partial charge in [0.25, 0.3) is 0 Å². The second-order valence-corrected chi connectivity index (χ2v) is 6.89. The molecule has 0 aliphatic carbocycles. The Kier molecular flexibility index (Phi) is 5.03. The van der Waals surface area contributed by atoms with Gasteiger partial charge in [-0.1, -0.05) is 32.9 Å². The van der Waals surface area contributed by atoms with E-state index in [1.165, 1.54) is 32.0 Å². The zero-order valence-corrected chi connectivity index (χ0v) is 13.0. The molecule has 1 aromatic rings. The number of piperidine rings is 1. The second-order valence-electron chi connectivity index (χ2n) is 6.89. The number of anilines is 1. The van der Waals surface area contributed by atoms with Crippen LogP contribution in [0.15, 0.2) is 24.3 Å². The smallest absolute Gasteiger partial charge is 0.146 e. The van der Waals surface area contributed by atoms with E-state index in [1.54, 1.807) is 12.1 Å². The fourth-order valence-electron chi connectivity index (χ4n) is 2.98. The van der Waals surface area contributed by atoms with Gasteiger partial charge in [0.15, 0.2) is 0 Å². The van der Waals surface area contributed by atoms with Crippen LogP contribution in [0.2, 0.25) is 0 Å². The van der Waals surface area contributed by atoms with Crippen molar-refractivity contribution in [3.63, 3.8) is 0 Å². The Morgan fingerprint density at radius 3 is 2.45 bits per heavy atom. The maximum Gasteiger partial charge on any atom is 0.146 e. The van der Waals surface area contributed by atoms with Crippen LogP contribution in [0.4, 0.5) is 10.1 Å². The topological polar surface area (TPSA) is 15.3 Å². The van der Waals surface area contributed by atoms with Crippen molar-refractivity contribution in [3.8, 4) is 0 Å². The number of nitrogens with zero attached hydrogens (tertiary/aromatic N) is 1. The molecule has 0 unspecified atom stereocenters. The quantitative estimate of drug-likeness (QED) is 0.895. The third kappa shape index (κ3) is 4.20. The van der Waals surface area contributed by atoms with Gasteiger partial charge < -0.3 is 10.2 Å². The van der Waals surface area contributed by atoms with Crippen molar-refractivity contribution < 1.29 is 4.39 Å². The fraction of sp³-hybridized carbons (Fsp3) is 0.647. The Morgan fingerprint density at radius 2 is 1.85 bits per heavy atom. The number of para-hydroxylation sites is 1. The highest BCUT2D eigenvalue weighted by molar-refractivity contribution is 5.44. The first-order valence-corrected chi connectivity index (χ1v) is 7.67. The number of nitrogens with one attached hydrogen (secondary N) is 1. The van der Waals surface area contributed by atoms with Crippen LogP contribution in [0, 0.1) is 17.2 Å². The van der Waals surface area contributed by atoms with Crippen LogP contribution in [-0.2, 0) is 0 Å². The molecule has 20 heavy (non-hydrogen) atoms. The Balaban J connectivity index is 1.71. The molecule has 0 atom stereocenters. The lowest BCUT2D eigenvalue weighted by Crippen LogP contribution is -2.40. The predicted molar refractivity (Wildman–Crippen MR) is 83.5 cm³/mol. The minimum absolute atomic E-state index is 0.168. The summed E-state index contributed by atoms with van der Waals surface area (Å²) in [7, 11) is 0.